The minimum atomic E-state index is -0.288. The van der Waals surface area contributed by atoms with Crippen LogP contribution >= 0.6 is 11.3 Å². The molecule has 134 valence electrons. The fraction of sp³-hybridized carbons (Fsp3) is 0.632. The molecule has 25 heavy (non-hydrogen) atoms. The first-order chi connectivity index (χ1) is 12.2. The van der Waals surface area contributed by atoms with Crippen molar-refractivity contribution in [1.82, 2.24) is 9.97 Å². The van der Waals surface area contributed by atoms with Crippen molar-refractivity contribution in [2.45, 2.75) is 70.3 Å². The highest BCUT2D eigenvalue weighted by Gasteiger charge is 2.23. The number of aryl methyl sites for hydroxylation is 2. The van der Waals surface area contributed by atoms with E-state index in [0.717, 1.165) is 23.5 Å². The van der Waals surface area contributed by atoms with E-state index in [4.69, 9.17) is 9.72 Å². The Kier molecular flexibility index (Phi) is 4.88. The molecule has 0 bridgehead atoms. The molecule has 6 heteroatoms. The van der Waals surface area contributed by atoms with Gasteiger partial charge in [0.25, 0.3) is 0 Å². The predicted molar refractivity (Wildman–Crippen MR) is 100 cm³/mol. The van der Waals surface area contributed by atoms with Crippen LogP contribution < -0.4 is 5.32 Å². The summed E-state index contributed by atoms with van der Waals surface area (Å²) in [6, 6.07) is 0.483. The van der Waals surface area contributed by atoms with Gasteiger partial charge in [0, 0.05) is 10.9 Å². The third kappa shape index (κ3) is 3.50. The molecule has 1 fully saturated rings. The van der Waals surface area contributed by atoms with Gasteiger partial charge < -0.3 is 10.1 Å². The maximum Gasteiger partial charge on any atom is 0.313 e. The van der Waals surface area contributed by atoms with Gasteiger partial charge >= 0.3 is 5.97 Å². The van der Waals surface area contributed by atoms with Gasteiger partial charge in [0.2, 0.25) is 0 Å². The maximum atomic E-state index is 11.7. The van der Waals surface area contributed by atoms with Gasteiger partial charge in [-0.3, -0.25) is 4.79 Å². The third-order valence-corrected chi connectivity index (χ3v) is 6.52. The van der Waals surface area contributed by atoms with E-state index in [0.29, 0.717) is 11.9 Å². The van der Waals surface area contributed by atoms with Crippen molar-refractivity contribution in [3.63, 3.8) is 0 Å². The van der Waals surface area contributed by atoms with Gasteiger partial charge in [0.1, 0.15) is 22.9 Å². The van der Waals surface area contributed by atoms with Crippen LogP contribution in [0.3, 0.4) is 0 Å². The Hall–Kier alpha value is -1.69. The second-order valence-corrected chi connectivity index (χ2v) is 8.20. The number of ether oxygens (including phenoxy) is 1. The monoisotopic (exact) mass is 359 g/mol. The Morgan fingerprint density at radius 3 is 2.76 bits per heavy atom. The van der Waals surface area contributed by atoms with Crippen LogP contribution in [0.15, 0.2) is 0 Å². The average Bonchev–Trinajstić information content (AvgIpc) is 3.01. The smallest absolute Gasteiger partial charge is 0.313 e. The minimum absolute atomic E-state index is 0.133. The van der Waals surface area contributed by atoms with Crippen molar-refractivity contribution >= 4 is 33.3 Å². The van der Waals surface area contributed by atoms with Gasteiger partial charge in [-0.1, -0.05) is 19.3 Å². The fourth-order valence-corrected chi connectivity index (χ4v) is 5.31. The molecule has 2 aromatic heterocycles. The summed E-state index contributed by atoms with van der Waals surface area (Å²) >= 11 is 1.78. The summed E-state index contributed by atoms with van der Waals surface area (Å²) in [5, 5.41) is 4.90. The van der Waals surface area contributed by atoms with Gasteiger partial charge in [-0.05, 0) is 44.1 Å². The molecule has 5 nitrogen and oxygen atoms in total. The number of esters is 1. The lowest BCUT2D eigenvalue weighted by molar-refractivity contribution is -0.139. The Morgan fingerprint density at radius 1 is 1.16 bits per heavy atom. The molecule has 1 N–H and O–H groups in total. The molecule has 0 spiro atoms. The molecular weight excluding hydrogens is 334 g/mol. The van der Waals surface area contributed by atoms with E-state index < -0.39 is 0 Å². The quantitative estimate of drug-likeness (QED) is 0.835. The van der Waals surface area contributed by atoms with E-state index in [1.807, 2.05) is 0 Å². The van der Waals surface area contributed by atoms with Crippen LogP contribution in [0.25, 0.3) is 10.2 Å². The number of nitrogens with one attached hydrogen (secondary N) is 1. The first-order valence-corrected chi connectivity index (χ1v) is 10.2. The van der Waals surface area contributed by atoms with Crippen LogP contribution in [0.1, 0.15) is 61.2 Å². The van der Waals surface area contributed by atoms with Crippen molar-refractivity contribution in [1.29, 1.82) is 0 Å². The Bertz CT molecular complexity index is 781. The molecule has 2 aromatic rings. The zero-order chi connectivity index (χ0) is 17.2. The first-order valence-electron chi connectivity index (χ1n) is 9.39. The number of thiophene rings is 1. The van der Waals surface area contributed by atoms with E-state index in [2.05, 4.69) is 10.3 Å². The van der Waals surface area contributed by atoms with Crippen LogP contribution in [-0.4, -0.2) is 29.1 Å². The van der Waals surface area contributed by atoms with E-state index in [9.17, 15) is 4.79 Å². The number of nitrogens with zero attached hydrogens (tertiary/aromatic N) is 2. The summed E-state index contributed by atoms with van der Waals surface area (Å²) in [6.07, 6.45) is 11.2. The fourth-order valence-electron chi connectivity index (χ4n) is 4.03. The summed E-state index contributed by atoms with van der Waals surface area (Å²) in [5.74, 6) is 1.22. The number of rotatable bonds is 4. The lowest BCUT2D eigenvalue weighted by Crippen LogP contribution is -2.23. The normalized spacial score (nSPS) is 18.1. The number of carbonyl (C=O) groups is 1. The van der Waals surface area contributed by atoms with Gasteiger partial charge in [0.15, 0.2) is 0 Å². The molecule has 2 heterocycles. The summed E-state index contributed by atoms with van der Waals surface area (Å²) in [5.41, 5.74) is 1.44. The van der Waals surface area contributed by atoms with Crippen molar-refractivity contribution in [3.05, 3.63) is 16.3 Å². The van der Waals surface area contributed by atoms with Crippen LogP contribution in [0, 0.1) is 0 Å². The van der Waals surface area contributed by atoms with Crippen LogP contribution in [0.2, 0.25) is 0 Å². The Morgan fingerprint density at radius 2 is 1.96 bits per heavy atom. The summed E-state index contributed by atoms with van der Waals surface area (Å²) < 4.78 is 4.80. The second kappa shape index (κ2) is 7.28. The Balaban J connectivity index is 1.75. The van der Waals surface area contributed by atoms with Crippen molar-refractivity contribution in [2.75, 3.05) is 12.4 Å². The van der Waals surface area contributed by atoms with E-state index in [-0.39, 0.29) is 12.4 Å². The predicted octanol–water partition coefficient (Wildman–Crippen LogP) is 4.03. The SMILES string of the molecule is COC(=O)Cc1nc(NC2CCCCC2)c2c3c(sc2n1)CCCC3. The first kappa shape index (κ1) is 16.8. The summed E-state index contributed by atoms with van der Waals surface area (Å²) in [4.78, 5) is 23.6. The molecule has 0 aromatic carbocycles. The van der Waals surface area contributed by atoms with Gasteiger partial charge in [0.05, 0.1) is 12.5 Å². The van der Waals surface area contributed by atoms with Crippen LogP contribution in [0.4, 0.5) is 5.82 Å². The molecule has 0 radical (unpaired) electrons. The van der Waals surface area contributed by atoms with Crippen LogP contribution in [0.5, 0.6) is 0 Å². The molecule has 0 aliphatic heterocycles. The molecule has 0 unspecified atom stereocenters. The van der Waals surface area contributed by atoms with Crippen molar-refractivity contribution in [2.24, 2.45) is 0 Å². The van der Waals surface area contributed by atoms with E-state index >= 15 is 0 Å². The van der Waals surface area contributed by atoms with E-state index in [1.165, 1.54) is 67.9 Å². The molecule has 4 rings (SSSR count). The van der Waals surface area contributed by atoms with Crippen LogP contribution in [-0.2, 0) is 28.8 Å². The highest BCUT2D eigenvalue weighted by atomic mass is 32.1. The lowest BCUT2D eigenvalue weighted by Gasteiger charge is -2.24. The number of carbonyl (C=O) groups excluding carboxylic acids is 1. The zero-order valence-corrected chi connectivity index (χ0v) is 15.6. The topological polar surface area (TPSA) is 64.1 Å². The van der Waals surface area contributed by atoms with Gasteiger partial charge in [-0.15, -0.1) is 11.3 Å². The number of fused-ring (bicyclic) bond motifs is 3. The minimum Gasteiger partial charge on any atom is -0.469 e. The average molecular weight is 359 g/mol. The van der Waals surface area contributed by atoms with Gasteiger partial charge in [-0.25, -0.2) is 9.97 Å². The van der Waals surface area contributed by atoms with Crippen molar-refractivity contribution < 1.29 is 9.53 Å². The van der Waals surface area contributed by atoms with Crippen molar-refractivity contribution in [3.8, 4) is 0 Å². The highest BCUT2D eigenvalue weighted by Crippen LogP contribution is 2.39. The molecular formula is C19H25N3O2S. The molecule has 0 amide bonds. The maximum absolute atomic E-state index is 11.7. The second-order valence-electron chi connectivity index (χ2n) is 7.11. The summed E-state index contributed by atoms with van der Waals surface area (Å²) in [6.45, 7) is 0. The molecule has 2 aliphatic rings. The zero-order valence-electron chi connectivity index (χ0n) is 14.8. The lowest BCUT2D eigenvalue weighted by atomic mass is 9.94. The Labute approximate surface area is 152 Å². The van der Waals surface area contributed by atoms with Gasteiger partial charge in [-0.2, -0.15) is 0 Å². The standard InChI is InChI=1S/C19H25N3O2S/c1-24-16(23)11-15-21-18(20-12-7-3-2-4-8-12)17-13-9-5-6-10-14(13)25-19(17)22-15/h12H,2-11H2,1H3,(H,20,21,22). The number of anilines is 1. The molecule has 0 atom stereocenters. The molecule has 1 saturated carbocycles. The summed E-state index contributed by atoms with van der Waals surface area (Å²) in [7, 11) is 1.41. The molecule has 2 aliphatic carbocycles. The number of methoxy groups -OCH3 is 1. The number of hydrogen-bond acceptors (Lipinski definition) is 6. The largest absolute Gasteiger partial charge is 0.469 e. The number of hydrogen-bond donors (Lipinski definition) is 1. The van der Waals surface area contributed by atoms with E-state index in [1.54, 1.807) is 11.3 Å². The molecule has 0 saturated heterocycles. The third-order valence-electron chi connectivity index (χ3n) is 5.34. The number of aromatic nitrogens is 2. The highest BCUT2D eigenvalue weighted by molar-refractivity contribution is 7.19.